The number of hydrogen-bond donors (Lipinski definition) is 1. The summed E-state index contributed by atoms with van der Waals surface area (Å²) in [4.78, 5) is 29.0. The number of nitrogens with one attached hydrogen (secondary N) is 1. The number of aliphatic imine (C=N–C) groups is 1. The molecule has 0 aromatic heterocycles. The van der Waals surface area contributed by atoms with E-state index in [0.29, 0.717) is 5.17 Å². The SMILES string of the molecule is CN1C(=NC(=O)CNC(=O)OC(C)(C)C)S[C@H]2CS(=O)(=O)C[C@H]21. The van der Waals surface area contributed by atoms with E-state index >= 15 is 0 Å². The average Bonchev–Trinajstić information content (AvgIpc) is 2.80. The lowest BCUT2D eigenvalue weighted by Crippen LogP contribution is -2.36. The number of amidine groups is 1. The molecule has 2 saturated heterocycles. The summed E-state index contributed by atoms with van der Waals surface area (Å²) in [5.41, 5.74) is -0.635. The zero-order valence-corrected chi connectivity index (χ0v) is 15.2. The maximum absolute atomic E-state index is 11.8. The molecule has 2 rings (SSSR count). The van der Waals surface area contributed by atoms with Gasteiger partial charge in [-0.3, -0.25) is 4.79 Å². The predicted molar refractivity (Wildman–Crippen MR) is 88.3 cm³/mol. The van der Waals surface area contributed by atoms with Crippen molar-refractivity contribution in [3.63, 3.8) is 0 Å². The second-order valence-electron chi connectivity index (χ2n) is 6.56. The molecular weight excluding hydrogens is 342 g/mol. The molecule has 130 valence electrons. The second kappa shape index (κ2) is 6.31. The van der Waals surface area contributed by atoms with Crippen molar-refractivity contribution in [3.8, 4) is 0 Å². The summed E-state index contributed by atoms with van der Waals surface area (Å²) in [6.07, 6.45) is -0.679. The lowest BCUT2D eigenvalue weighted by Gasteiger charge is -2.19. The van der Waals surface area contributed by atoms with Gasteiger partial charge in [0.05, 0.1) is 17.5 Å². The minimum Gasteiger partial charge on any atom is -0.444 e. The molecule has 2 fully saturated rings. The highest BCUT2D eigenvalue weighted by molar-refractivity contribution is 8.15. The van der Waals surface area contributed by atoms with Gasteiger partial charge in [-0.05, 0) is 20.8 Å². The van der Waals surface area contributed by atoms with E-state index in [1.807, 2.05) is 0 Å². The molecule has 0 spiro atoms. The monoisotopic (exact) mass is 363 g/mol. The van der Waals surface area contributed by atoms with Crippen LogP contribution in [0.2, 0.25) is 0 Å². The van der Waals surface area contributed by atoms with Gasteiger partial charge < -0.3 is 15.0 Å². The number of carbonyl (C=O) groups is 2. The molecule has 2 aliphatic heterocycles. The molecule has 2 amide bonds. The molecule has 1 N–H and O–H groups in total. The summed E-state index contributed by atoms with van der Waals surface area (Å²) in [5, 5.41) is 2.75. The number of carbonyl (C=O) groups excluding carboxylic acids is 2. The van der Waals surface area contributed by atoms with E-state index in [2.05, 4.69) is 10.3 Å². The summed E-state index contributed by atoms with van der Waals surface area (Å²) < 4.78 is 28.2. The van der Waals surface area contributed by atoms with E-state index in [9.17, 15) is 18.0 Å². The molecule has 0 aliphatic carbocycles. The standard InChI is InChI=1S/C13H21N3O5S2/c1-13(2,3)21-12(18)14-5-10(17)15-11-16(4)8-6-23(19,20)7-9(8)22-11/h8-9H,5-7H2,1-4H3,(H,14,18)/t8-,9+/m1/s1. The number of nitrogens with zero attached hydrogens (tertiary/aromatic N) is 2. The average molecular weight is 363 g/mol. The fourth-order valence-electron chi connectivity index (χ4n) is 2.34. The molecule has 0 radical (unpaired) electrons. The van der Waals surface area contributed by atoms with E-state index in [1.165, 1.54) is 11.8 Å². The van der Waals surface area contributed by atoms with Crippen LogP contribution in [0.1, 0.15) is 20.8 Å². The molecule has 23 heavy (non-hydrogen) atoms. The third-order valence-corrected chi connectivity index (χ3v) is 6.63. The maximum Gasteiger partial charge on any atom is 0.408 e. The van der Waals surface area contributed by atoms with Gasteiger partial charge >= 0.3 is 6.09 Å². The lowest BCUT2D eigenvalue weighted by atomic mass is 10.2. The van der Waals surface area contributed by atoms with Crippen molar-refractivity contribution in [1.29, 1.82) is 0 Å². The third kappa shape index (κ3) is 4.84. The quantitative estimate of drug-likeness (QED) is 0.749. The number of sulfone groups is 1. The molecule has 2 aliphatic rings. The Kier molecular flexibility index (Phi) is 4.95. The van der Waals surface area contributed by atoms with Crippen LogP contribution in [0.25, 0.3) is 0 Å². The first-order valence-corrected chi connectivity index (χ1v) is 9.85. The Bertz CT molecular complexity index is 638. The fraction of sp³-hybridized carbons (Fsp3) is 0.769. The Balaban J connectivity index is 1.88. The fourth-order valence-corrected chi connectivity index (χ4v) is 6.36. The Morgan fingerprint density at radius 2 is 2.04 bits per heavy atom. The van der Waals surface area contributed by atoms with Crippen LogP contribution in [-0.2, 0) is 19.4 Å². The van der Waals surface area contributed by atoms with Gasteiger partial charge in [0.2, 0.25) is 0 Å². The largest absolute Gasteiger partial charge is 0.444 e. The number of thioether (sulfide) groups is 1. The molecular formula is C13H21N3O5S2. The van der Waals surface area contributed by atoms with Gasteiger partial charge in [-0.2, -0.15) is 4.99 Å². The predicted octanol–water partition coefficient (Wildman–Crippen LogP) is 0.238. The summed E-state index contributed by atoms with van der Waals surface area (Å²) in [6.45, 7) is 4.92. The summed E-state index contributed by atoms with van der Waals surface area (Å²) >= 11 is 1.30. The number of hydrogen-bond acceptors (Lipinski definition) is 6. The molecule has 0 aromatic rings. The van der Waals surface area contributed by atoms with Crippen molar-refractivity contribution in [2.24, 2.45) is 4.99 Å². The van der Waals surface area contributed by atoms with Crippen molar-refractivity contribution in [2.45, 2.75) is 37.7 Å². The highest BCUT2D eigenvalue weighted by Crippen LogP contribution is 2.36. The Labute approximate surface area is 139 Å². The van der Waals surface area contributed by atoms with E-state index in [0.717, 1.165) is 0 Å². The van der Waals surface area contributed by atoms with E-state index in [1.54, 1.807) is 32.7 Å². The first-order valence-electron chi connectivity index (χ1n) is 7.15. The molecule has 10 heteroatoms. The van der Waals surface area contributed by atoms with Crippen LogP contribution < -0.4 is 5.32 Å². The highest BCUT2D eigenvalue weighted by atomic mass is 32.2. The van der Waals surface area contributed by atoms with Crippen LogP contribution >= 0.6 is 11.8 Å². The third-order valence-electron chi connectivity index (χ3n) is 3.33. The Morgan fingerprint density at radius 3 is 2.61 bits per heavy atom. The van der Waals surface area contributed by atoms with Crippen LogP contribution in [0.4, 0.5) is 4.79 Å². The first kappa shape index (κ1) is 18.1. The Hall–Kier alpha value is -1.29. The van der Waals surface area contributed by atoms with E-state index < -0.39 is 27.4 Å². The molecule has 2 heterocycles. The first-order chi connectivity index (χ1) is 10.5. The zero-order valence-electron chi connectivity index (χ0n) is 13.5. The van der Waals surface area contributed by atoms with E-state index in [-0.39, 0.29) is 29.3 Å². The van der Waals surface area contributed by atoms with Crippen molar-refractivity contribution in [3.05, 3.63) is 0 Å². The summed E-state index contributed by atoms with van der Waals surface area (Å²) in [7, 11) is -1.28. The second-order valence-corrected chi connectivity index (χ2v) is 9.92. The molecule has 2 atom stereocenters. The molecule has 0 saturated carbocycles. The van der Waals surface area contributed by atoms with Crippen LogP contribution in [0.5, 0.6) is 0 Å². The number of alkyl carbamates (subject to hydrolysis) is 1. The smallest absolute Gasteiger partial charge is 0.408 e. The van der Waals surface area contributed by atoms with Gasteiger partial charge in [-0.25, -0.2) is 13.2 Å². The normalized spacial score (nSPS) is 27.8. The van der Waals surface area contributed by atoms with E-state index in [4.69, 9.17) is 4.74 Å². The number of rotatable bonds is 2. The minimum absolute atomic E-state index is 0.0876. The van der Waals surface area contributed by atoms with Crippen molar-refractivity contribution >= 4 is 38.8 Å². The van der Waals surface area contributed by atoms with Gasteiger partial charge in [-0.1, -0.05) is 11.8 Å². The highest BCUT2D eigenvalue weighted by Gasteiger charge is 2.47. The number of fused-ring (bicyclic) bond motifs is 1. The van der Waals surface area contributed by atoms with Gasteiger partial charge in [0.1, 0.15) is 12.1 Å². The Morgan fingerprint density at radius 1 is 1.39 bits per heavy atom. The number of ether oxygens (including phenoxy) is 1. The van der Waals surface area contributed by atoms with Crippen LogP contribution in [0.3, 0.4) is 0 Å². The van der Waals surface area contributed by atoms with Crippen LogP contribution in [-0.4, -0.2) is 72.5 Å². The number of amides is 2. The molecule has 0 aromatic carbocycles. The lowest BCUT2D eigenvalue weighted by molar-refractivity contribution is -0.117. The van der Waals surface area contributed by atoms with Crippen molar-refractivity contribution in [2.75, 3.05) is 25.1 Å². The summed E-state index contributed by atoms with van der Waals surface area (Å²) in [6, 6.07) is -0.143. The zero-order chi connectivity index (χ0) is 17.4. The van der Waals surface area contributed by atoms with Gasteiger partial charge in [0.15, 0.2) is 15.0 Å². The van der Waals surface area contributed by atoms with Crippen LogP contribution in [0.15, 0.2) is 4.99 Å². The molecule has 8 nitrogen and oxygen atoms in total. The minimum atomic E-state index is -3.01. The maximum atomic E-state index is 11.8. The van der Waals surface area contributed by atoms with Crippen molar-refractivity contribution in [1.82, 2.24) is 10.2 Å². The van der Waals surface area contributed by atoms with Crippen LogP contribution in [0, 0.1) is 0 Å². The molecule has 0 bridgehead atoms. The van der Waals surface area contributed by atoms with Gasteiger partial charge in [0.25, 0.3) is 5.91 Å². The molecule has 0 unspecified atom stereocenters. The van der Waals surface area contributed by atoms with Crippen molar-refractivity contribution < 1.29 is 22.7 Å². The summed E-state index contributed by atoms with van der Waals surface area (Å²) in [5.74, 6) is -0.311. The van der Waals surface area contributed by atoms with Gasteiger partial charge in [-0.15, -0.1) is 0 Å². The van der Waals surface area contributed by atoms with Gasteiger partial charge in [0, 0.05) is 12.3 Å². The topological polar surface area (TPSA) is 105 Å².